The minimum atomic E-state index is -3.02. The third kappa shape index (κ3) is 1.91. The highest BCUT2D eigenvalue weighted by Crippen LogP contribution is 2.32. The number of aromatic nitrogens is 1. The number of hydrogen-bond donors (Lipinski definition) is 0. The van der Waals surface area contributed by atoms with Gasteiger partial charge in [0.15, 0.2) is 0 Å². The molecule has 0 saturated carbocycles. The van der Waals surface area contributed by atoms with Crippen molar-refractivity contribution < 1.29 is 8.78 Å². The fourth-order valence-corrected chi connectivity index (χ4v) is 0.872. The fourth-order valence-electron chi connectivity index (χ4n) is 0.872. The van der Waals surface area contributed by atoms with Crippen molar-refractivity contribution in [3.05, 3.63) is 41.7 Å². The van der Waals surface area contributed by atoms with Gasteiger partial charge in [0.05, 0.1) is 0 Å². The summed E-state index contributed by atoms with van der Waals surface area (Å²) in [6, 6.07) is 2.93. The molecule has 1 rings (SSSR count). The van der Waals surface area contributed by atoms with E-state index in [0.29, 0.717) is 0 Å². The zero-order valence-corrected chi connectivity index (χ0v) is 7.64. The molecule has 0 aliphatic heterocycles. The monoisotopic (exact) mass is 183 g/mol. The molecule has 1 nitrogen and oxygen atoms in total. The number of alkyl halides is 2. The minimum absolute atomic E-state index is 0.191. The largest absolute Gasteiger partial charge is 0.310 e. The van der Waals surface area contributed by atoms with Crippen LogP contribution in [0.15, 0.2) is 30.5 Å². The van der Waals surface area contributed by atoms with Crippen molar-refractivity contribution in [3.8, 4) is 0 Å². The molecule has 1 aromatic rings. The Kier molecular flexibility index (Phi) is 2.45. The van der Waals surface area contributed by atoms with Gasteiger partial charge in [-0.05, 0) is 31.1 Å². The van der Waals surface area contributed by atoms with Gasteiger partial charge in [-0.15, -0.1) is 0 Å². The molecule has 0 N–H and O–H groups in total. The van der Waals surface area contributed by atoms with Crippen LogP contribution in [0.4, 0.5) is 8.78 Å². The summed E-state index contributed by atoms with van der Waals surface area (Å²) in [6.07, 6.45) is 1.42. The summed E-state index contributed by atoms with van der Waals surface area (Å²) in [6.45, 7) is 6.33. The molecular formula is C10H11F2N. The van der Waals surface area contributed by atoms with Gasteiger partial charge in [-0.25, -0.2) is 0 Å². The fraction of sp³-hybridized carbons (Fsp3) is 0.300. The average molecular weight is 183 g/mol. The number of aryl methyl sites for hydroxylation is 1. The average Bonchev–Trinajstić information content (AvgIpc) is 2.04. The molecule has 0 amide bonds. The molecule has 0 atom stereocenters. The van der Waals surface area contributed by atoms with Gasteiger partial charge in [-0.2, -0.15) is 8.78 Å². The maximum atomic E-state index is 13.2. The molecule has 0 aliphatic rings. The SMILES string of the molecule is C=C(C)C(F)(F)c1ccc(C)cn1. The number of pyridine rings is 1. The van der Waals surface area contributed by atoms with Crippen LogP contribution in [0.25, 0.3) is 0 Å². The highest BCUT2D eigenvalue weighted by atomic mass is 19.3. The lowest BCUT2D eigenvalue weighted by Crippen LogP contribution is -2.15. The van der Waals surface area contributed by atoms with Gasteiger partial charge in [0, 0.05) is 6.20 Å². The van der Waals surface area contributed by atoms with E-state index < -0.39 is 5.92 Å². The third-order valence-corrected chi connectivity index (χ3v) is 1.77. The van der Waals surface area contributed by atoms with Crippen molar-refractivity contribution in [2.75, 3.05) is 0 Å². The van der Waals surface area contributed by atoms with Crippen LogP contribution in [0.3, 0.4) is 0 Å². The van der Waals surface area contributed by atoms with Crippen LogP contribution in [0.2, 0.25) is 0 Å². The zero-order valence-electron chi connectivity index (χ0n) is 7.64. The van der Waals surface area contributed by atoms with E-state index in [-0.39, 0.29) is 11.3 Å². The molecule has 1 heterocycles. The van der Waals surface area contributed by atoms with Crippen molar-refractivity contribution in [2.24, 2.45) is 0 Å². The van der Waals surface area contributed by atoms with Crippen molar-refractivity contribution in [2.45, 2.75) is 19.8 Å². The van der Waals surface area contributed by atoms with E-state index in [1.54, 1.807) is 13.0 Å². The Morgan fingerprint density at radius 3 is 2.46 bits per heavy atom. The second-order valence-electron chi connectivity index (χ2n) is 3.08. The van der Waals surface area contributed by atoms with Crippen molar-refractivity contribution in [3.63, 3.8) is 0 Å². The van der Waals surface area contributed by atoms with E-state index >= 15 is 0 Å². The number of hydrogen-bond acceptors (Lipinski definition) is 1. The topological polar surface area (TPSA) is 12.9 Å². The van der Waals surface area contributed by atoms with E-state index in [9.17, 15) is 8.78 Å². The zero-order chi connectivity index (χ0) is 10.1. The maximum absolute atomic E-state index is 13.2. The van der Waals surface area contributed by atoms with Gasteiger partial charge in [-0.1, -0.05) is 12.6 Å². The summed E-state index contributed by atoms with van der Waals surface area (Å²) in [4.78, 5) is 3.66. The molecular weight excluding hydrogens is 172 g/mol. The minimum Gasteiger partial charge on any atom is -0.254 e. The Labute approximate surface area is 76.1 Å². The van der Waals surface area contributed by atoms with E-state index in [2.05, 4.69) is 11.6 Å². The molecule has 0 aliphatic carbocycles. The summed E-state index contributed by atoms with van der Waals surface area (Å²) in [5.41, 5.74) is 0.427. The number of halogens is 2. The van der Waals surface area contributed by atoms with E-state index in [4.69, 9.17) is 0 Å². The lowest BCUT2D eigenvalue weighted by Gasteiger charge is -2.15. The molecule has 70 valence electrons. The molecule has 0 fully saturated rings. The first-order chi connectivity index (χ1) is 5.94. The van der Waals surface area contributed by atoms with Gasteiger partial charge in [0.1, 0.15) is 5.69 Å². The summed E-state index contributed by atoms with van der Waals surface area (Å²) >= 11 is 0. The predicted molar refractivity (Wildman–Crippen MR) is 47.7 cm³/mol. The van der Waals surface area contributed by atoms with Crippen LogP contribution < -0.4 is 0 Å². The van der Waals surface area contributed by atoms with Crippen LogP contribution >= 0.6 is 0 Å². The second kappa shape index (κ2) is 3.24. The Balaban J connectivity index is 3.08. The van der Waals surface area contributed by atoms with Crippen LogP contribution in [0.1, 0.15) is 18.2 Å². The Bertz CT molecular complexity index is 314. The summed E-state index contributed by atoms with van der Waals surface area (Å²) in [5.74, 6) is -3.02. The molecule has 0 bridgehead atoms. The summed E-state index contributed by atoms with van der Waals surface area (Å²) in [7, 11) is 0. The van der Waals surface area contributed by atoms with E-state index in [1.165, 1.54) is 19.2 Å². The lowest BCUT2D eigenvalue weighted by molar-refractivity contribution is 0.0337. The summed E-state index contributed by atoms with van der Waals surface area (Å²) in [5, 5.41) is 0. The first-order valence-corrected chi connectivity index (χ1v) is 3.91. The highest BCUT2D eigenvalue weighted by molar-refractivity contribution is 5.23. The first kappa shape index (κ1) is 9.84. The van der Waals surface area contributed by atoms with Gasteiger partial charge in [0.25, 0.3) is 0 Å². The Morgan fingerprint density at radius 2 is 2.08 bits per heavy atom. The molecule has 3 heteroatoms. The van der Waals surface area contributed by atoms with Crippen LogP contribution in [-0.2, 0) is 5.92 Å². The standard InChI is InChI=1S/C10H11F2N/c1-7(2)10(11,12)9-5-4-8(3)6-13-9/h4-6H,1H2,2-3H3. The van der Waals surface area contributed by atoms with Gasteiger partial charge in [0.2, 0.25) is 0 Å². The highest BCUT2D eigenvalue weighted by Gasteiger charge is 2.33. The van der Waals surface area contributed by atoms with Crippen molar-refractivity contribution in [1.29, 1.82) is 0 Å². The molecule has 13 heavy (non-hydrogen) atoms. The van der Waals surface area contributed by atoms with Crippen molar-refractivity contribution >= 4 is 0 Å². The molecule has 0 saturated heterocycles. The quantitative estimate of drug-likeness (QED) is 0.642. The molecule has 0 aromatic carbocycles. The van der Waals surface area contributed by atoms with Gasteiger partial charge in [-0.3, -0.25) is 4.98 Å². The predicted octanol–water partition coefficient (Wildman–Crippen LogP) is 3.06. The Hall–Kier alpha value is -1.25. The van der Waals surface area contributed by atoms with E-state index in [1.807, 2.05) is 0 Å². The van der Waals surface area contributed by atoms with Crippen LogP contribution in [0.5, 0.6) is 0 Å². The van der Waals surface area contributed by atoms with Crippen molar-refractivity contribution in [1.82, 2.24) is 4.98 Å². The molecule has 0 spiro atoms. The van der Waals surface area contributed by atoms with Crippen LogP contribution in [0, 0.1) is 6.92 Å². The molecule has 0 unspecified atom stereocenters. The van der Waals surface area contributed by atoms with Gasteiger partial charge >= 0.3 is 5.92 Å². The third-order valence-electron chi connectivity index (χ3n) is 1.77. The summed E-state index contributed by atoms with van der Waals surface area (Å²) < 4.78 is 26.5. The number of nitrogens with zero attached hydrogens (tertiary/aromatic N) is 1. The second-order valence-corrected chi connectivity index (χ2v) is 3.08. The number of rotatable bonds is 2. The van der Waals surface area contributed by atoms with E-state index in [0.717, 1.165) is 5.56 Å². The Morgan fingerprint density at radius 1 is 1.46 bits per heavy atom. The maximum Gasteiger partial charge on any atom is 0.310 e. The van der Waals surface area contributed by atoms with Gasteiger partial charge < -0.3 is 0 Å². The number of allylic oxidation sites excluding steroid dienone is 1. The molecule has 1 aromatic heterocycles. The smallest absolute Gasteiger partial charge is 0.254 e. The first-order valence-electron chi connectivity index (χ1n) is 3.91. The van der Waals surface area contributed by atoms with Crippen LogP contribution in [-0.4, -0.2) is 4.98 Å². The molecule has 0 radical (unpaired) electrons. The lowest BCUT2D eigenvalue weighted by atomic mass is 10.1. The normalized spacial score (nSPS) is 11.4.